The normalized spacial score (nSPS) is 11.2. The lowest BCUT2D eigenvalue weighted by atomic mass is 10.2. The zero-order valence-electron chi connectivity index (χ0n) is 16.6. The van der Waals surface area contributed by atoms with Crippen molar-refractivity contribution in [3.63, 3.8) is 0 Å². The van der Waals surface area contributed by atoms with Crippen LogP contribution in [0, 0.1) is 0 Å². The maximum Gasteiger partial charge on any atom is 0.338 e. The minimum atomic E-state index is -3.92. The molecule has 0 aliphatic rings. The molecule has 168 valence electrons. The minimum Gasteiger partial charge on any atom is -0.452 e. The van der Waals surface area contributed by atoms with E-state index in [1.807, 2.05) is 0 Å². The quantitative estimate of drug-likeness (QED) is 0.374. The molecule has 4 rings (SSSR count). The molecule has 0 aliphatic carbocycles. The zero-order valence-corrected chi connectivity index (χ0v) is 18.1. The second kappa shape index (κ2) is 9.22. The molecule has 0 spiro atoms. The van der Waals surface area contributed by atoms with Crippen molar-refractivity contribution in [2.45, 2.75) is 4.90 Å². The van der Waals surface area contributed by atoms with Crippen molar-refractivity contribution in [1.82, 2.24) is 15.2 Å². The minimum absolute atomic E-state index is 0.00120. The van der Waals surface area contributed by atoms with Crippen LogP contribution in [0.1, 0.15) is 10.4 Å². The van der Waals surface area contributed by atoms with E-state index in [-0.39, 0.29) is 21.4 Å². The number of halogens is 1. The van der Waals surface area contributed by atoms with Gasteiger partial charge in [-0.2, -0.15) is 0 Å². The second-order valence-corrected chi connectivity index (χ2v) is 8.60. The van der Waals surface area contributed by atoms with Crippen LogP contribution in [0.4, 0.5) is 11.5 Å². The number of nitrogens with zero attached hydrogens (tertiary/aromatic N) is 3. The van der Waals surface area contributed by atoms with Crippen molar-refractivity contribution < 1.29 is 27.2 Å². The first-order valence-electron chi connectivity index (χ1n) is 9.22. The highest BCUT2D eigenvalue weighted by atomic mass is 35.5. The number of rotatable bonds is 7. The number of benzene rings is 2. The van der Waals surface area contributed by atoms with Crippen molar-refractivity contribution in [3.05, 3.63) is 71.7 Å². The fraction of sp³-hybridized carbons (Fsp3) is 0.0500. The predicted octanol–water partition coefficient (Wildman–Crippen LogP) is 2.87. The highest BCUT2D eigenvalue weighted by Gasteiger charge is 2.16. The van der Waals surface area contributed by atoms with Gasteiger partial charge in [-0.3, -0.25) is 9.52 Å². The van der Waals surface area contributed by atoms with Crippen LogP contribution in [0.25, 0.3) is 11.1 Å². The Hall–Kier alpha value is -4.03. The second-order valence-electron chi connectivity index (χ2n) is 6.53. The van der Waals surface area contributed by atoms with Gasteiger partial charge in [-0.15, -0.1) is 10.2 Å². The molecule has 2 N–H and O–H groups in total. The Bertz CT molecular complexity index is 1420. The summed E-state index contributed by atoms with van der Waals surface area (Å²) in [6.07, 6.45) is 1.26. The molecule has 1 amide bonds. The summed E-state index contributed by atoms with van der Waals surface area (Å²) in [7, 11) is -3.92. The van der Waals surface area contributed by atoms with E-state index in [0.717, 1.165) is 0 Å². The number of hydrogen-bond acceptors (Lipinski definition) is 9. The fourth-order valence-electron chi connectivity index (χ4n) is 2.68. The van der Waals surface area contributed by atoms with Gasteiger partial charge in [0.2, 0.25) is 0 Å². The Kier molecular flexibility index (Phi) is 6.20. The Labute approximate surface area is 191 Å². The summed E-state index contributed by atoms with van der Waals surface area (Å²) >= 11 is 5.63. The van der Waals surface area contributed by atoms with Crippen LogP contribution in [0.15, 0.2) is 70.3 Å². The van der Waals surface area contributed by atoms with Gasteiger partial charge in [0, 0.05) is 5.69 Å². The van der Waals surface area contributed by atoms with Gasteiger partial charge in [-0.05, 0) is 54.6 Å². The maximum atomic E-state index is 12.4. The molecule has 0 saturated carbocycles. The van der Waals surface area contributed by atoms with Crippen molar-refractivity contribution in [2.24, 2.45) is 0 Å². The van der Waals surface area contributed by atoms with Gasteiger partial charge in [0.05, 0.1) is 10.5 Å². The van der Waals surface area contributed by atoms with Crippen LogP contribution in [0.5, 0.6) is 0 Å². The van der Waals surface area contributed by atoms with E-state index < -0.39 is 28.5 Å². The van der Waals surface area contributed by atoms with E-state index in [1.165, 1.54) is 54.9 Å². The van der Waals surface area contributed by atoms with E-state index in [1.54, 1.807) is 6.07 Å². The molecule has 2 heterocycles. The summed E-state index contributed by atoms with van der Waals surface area (Å²) in [6, 6.07) is 12.7. The summed E-state index contributed by atoms with van der Waals surface area (Å²) < 4.78 is 37.2. The Balaban J connectivity index is 1.32. The van der Waals surface area contributed by atoms with Gasteiger partial charge in [0.25, 0.3) is 15.9 Å². The van der Waals surface area contributed by atoms with E-state index in [9.17, 15) is 18.0 Å². The average molecular weight is 488 g/mol. The number of anilines is 2. The molecule has 13 heteroatoms. The molecule has 4 aromatic rings. The first-order valence-corrected chi connectivity index (χ1v) is 11.1. The summed E-state index contributed by atoms with van der Waals surface area (Å²) in [5.74, 6) is -1.30. The topological polar surface area (TPSA) is 153 Å². The molecule has 33 heavy (non-hydrogen) atoms. The number of nitrogens with one attached hydrogen (secondary N) is 2. The van der Waals surface area contributed by atoms with Gasteiger partial charge in [-0.25, -0.2) is 18.2 Å². The first-order chi connectivity index (χ1) is 15.8. The third kappa shape index (κ3) is 5.42. The monoisotopic (exact) mass is 487 g/mol. The molecule has 0 aliphatic heterocycles. The summed E-state index contributed by atoms with van der Waals surface area (Å²) in [5, 5.41) is 9.84. The van der Waals surface area contributed by atoms with E-state index in [4.69, 9.17) is 20.8 Å². The Morgan fingerprint density at radius 2 is 1.82 bits per heavy atom. The number of oxazole rings is 1. The highest BCUT2D eigenvalue weighted by molar-refractivity contribution is 7.92. The van der Waals surface area contributed by atoms with Crippen LogP contribution in [0.2, 0.25) is 5.15 Å². The van der Waals surface area contributed by atoms with Crippen molar-refractivity contribution in [3.8, 4) is 0 Å². The van der Waals surface area contributed by atoms with Gasteiger partial charge in [0.15, 0.2) is 29.6 Å². The molecule has 0 unspecified atom stereocenters. The number of amides is 1. The first kappa shape index (κ1) is 22.2. The SMILES string of the molecule is O=C(COC(=O)c1ccc2ocnc2c1)Nc1ccc(S(=O)(=O)Nc2ccc(Cl)nn2)cc1. The third-order valence-electron chi connectivity index (χ3n) is 4.22. The van der Waals surface area contributed by atoms with Crippen LogP contribution >= 0.6 is 11.6 Å². The van der Waals surface area contributed by atoms with Crippen molar-refractivity contribution in [1.29, 1.82) is 0 Å². The number of fused-ring (bicyclic) bond motifs is 1. The molecule has 0 atom stereocenters. The lowest BCUT2D eigenvalue weighted by molar-refractivity contribution is -0.119. The molecule has 0 saturated heterocycles. The van der Waals surface area contributed by atoms with E-state index >= 15 is 0 Å². The molecule has 0 fully saturated rings. The number of ether oxygens (including phenoxy) is 1. The summed E-state index contributed by atoms with van der Waals surface area (Å²) in [6.45, 7) is -0.535. The van der Waals surface area contributed by atoms with E-state index in [0.29, 0.717) is 16.8 Å². The van der Waals surface area contributed by atoms with Crippen LogP contribution in [0.3, 0.4) is 0 Å². The summed E-state index contributed by atoms with van der Waals surface area (Å²) in [4.78, 5) is 28.1. The number of sulfonamides is 1. The lowest BCUT2D eigenvalue weighted by Crippen LogP contribution is -2.21. The summed E-state index contributed by atoms with van der Waals surface area (Å²) in [5.41, 5.74) is 1.54. The molecular formula is C20H14ClN5O6S. The smallest absolute Gasteiger partial charge is 0.338 e. The highest BCUT2D eigenvalue weighted by Crippen LogP contribution is 2.18. The number of carbonyl (C=O) groups is 2. The molecule has 2 aromatic carbocycles. The van der Waals surface area contributed by atoms with Gasteiger partial charge in [0.1, 0.15) is 5.52 Å². The van der Waals surface area contributed by atoms with Crippen molar-refractivity contribution in [2.75, 3.05) is 16.6 Å². The van der Waals surface area contributed by atoms with Crippen LogP contribution in [-0.4, -0.2) is 42.1 Å². The number of hydrogen-bond donors (Lipinski definition) is 2. The molecule has 11 nitrogen and oxygen atoms in total. The fourth-order valence-corrected chi connectivity index (χ4v) is 3.78. The number of esters is 1. The van der Waals surface area contributed by atoms with Crippen LogP contribution in [-0.2, 0) is 19.6 Å². The molecular weight excluding hydrogens is 474 g/mol. The van der Waals surface area contributed by atoms with Gasteiger partial charge < -0.3 is 14.5 Å². The third-order valence-corrected chi connectivity index (χ3v) is 5.79. The lowest BCUT2D eigenvalue weighted by Gasteiger charge is -2.09. The molecule has 0 radical (unpaired) electrons. The predicted molar refractivity (Wildman–Crippen MR) is 117 cm³/mol. The van der Waals surface area contributed by atoms with Crippen LogP contribution < -0.4 is 10.0 Å². The van der Waals surface area contributed by atoms with Crippen molar-refractivity contribution >= 4 is 56.1 Å². The van der Waals surface area contributed by atoms with Gasteiger partial charge >= 0.3 is 5.97 Å². The van der Waals surface area contributed by atoms with Gasteiger partial charge in [-0.1, -0.05) is 11.6 Å². The number of carbonyl (C=O) groups excluding carboxylic acids is 2. The Morgan fingerprint density at radius 1 is 1.03 bits per heavy atom. The van der Waals surface area contributed by atoms with E-state index in [2.05, 4.69) is 25.2 Å². The molecule has 2 aromatic heterocycles. The average Bonchev–Trinajstić information content (AvgIpc) is 3.27. The maximum absolute atomic E-state index is 12.4. The Morgan fingerprint density at radius 3 is 2.55 bits per heavy atom. The zero-order chi connectivity index (χ0) is 23.4. The largest absolute Gasteiger partial charge is 0.452 e. The standard InChI is InChI=1S/C20H14ClN5O6S/c21-17-7-8-18(25-24-17)26-33(29,30)14-4-2-13(3-5-14)23-19(27)10-31-20(28)12-1-6-16-15(9-12)22-11-32-16/h1-9,11H,10H2,(H,23,27)(H,25,26). The molecule has 0 bridgehead atoms. The number of aromatic nitrogens is 3.